The topological polar surface area (TPSA) is 40.7 Å². The first-order valence-electron chi connectivity index (χ1n) is 21.5. The Labute approximate surface area is 311 Å². The third-order valence-electron chi connectivity index (χ3n) is 10.1. The highest BCUT2D eigenvalue weighted by Gasteiger charge is 2.38. The lowest BCUT2D eigenvalue weighted by atomic mass is 9.84. The van der Waals surface area contributed by atoms with Crippen molar-refractivity contribution in [2.45, 2.75) is 59.5 Å². The van der Waals surface area contributed by atoms with Gasteiger partial charge >= 0.3 is 0 Å². The molecule has 0 aliphatic carbocycles. The number of aryl methyl sites for hydroxylation is 1. The minimum Gasteiger partial charge on any atom is -0.483 e. The molecule has 0 radical (unpaired) electrons. The van der Waals surface area contributed by atoms with Crippen LogP contribution in [0, 0.1) is 20.6 Å². The number of hydrogen-bond acceptors (Lipinski definition) is 3. The van der Waals surface area contributed by atoms with Gasteiger partial charge in [0, 0.05) is 29.0 Å². The van der Waals surface area contributed by atoms with Crippen LogP contribution in [0.2, 0.25) is 0 Å². The van der Waals surface area contributed by atoms with Gasteiger partial charge < -0.3 is 9.47 Å². The zero-order chi connectivity index (χ0) is 42.7. The molecular weight excluding hydrogens is 627 g/mol. The van der Waals surface area contributed by atoms with Gasteiger partial charge in [-0.05, 0) is 118 Å². The van der Waals surface area contributed by atoms with E-state index in [4.69, 9.17) is 26.8 Å². The van der Waals surface area contributed by atoms with Gasteiger partial charge in [0.1, 0.15) is 22.7 Å². The average molecular weight is 677 g/mol. The van der Waals surface area contributed by atoms with Crippen LogP contribution in [0.5, 0.6) is 11.5 Å². The van der Waals surface area contributed by atoms with Crippen molar-refractivity contribution in [3.63, 3.8) is 0 Å². The van der Waals surface area contributed by atoms with Gasteiger partial charge in [-0.3, -0.25) is 8.97 Å². The molecule has 0 amide bonds. The summed E-state index contributed by atoms with van der Waals surface area (Å²) in [6, 6.07) is 35.8. The van der Waals surface area contributed by atoms with E-state index in [-0.39, 0.29) is 50.4 Å². The summed E-state index contributed by atoms with van der Waals surface area (Å²) < 4.78 is 98.3. The molecule has 2 aromatic heterocycles. The predicted octanol–water partition coefficient (Wildman–Crippen LogP) is 11.6. The molecule has 0 N–H and O–H groups in total. The van der Waals surface area contributed by atoms with Gasteiger partial charge in [-0.25, -0.2) is 4.98 Å². The van der Waals surface area contributed by atoms with Crippen molar-refractivity contribution in [3.8, 4) is 39.4 Å². The van der Waals surface area contributed by atoms with Gasteiger partial charge in [0.15, 0.2) is 0 Å². The summed E-state index contributed by atoms with van der Waals surface area (Å²) in [5.41, 5.74) is 2.24. The highest BCUT2D eigenvalue weighted by atomic mass is 16.5. The van der Waals surface area contributed by atoms with E-state index in [1.807, 2.05) is 111 Å². The maximum atomic E-state index is 9.15. The molecule has 6 aromatic carbocycles. The number of hydrogen-bond donors (Lipinski definition) is 0. The monoisotopic (exact) mass is 676 g/mol. The van der Waals surface area contributed by atoms with Gasteiger partial charge in [-0.2, -0.15) is 0 Å². The third-order valence-corrected chi connectivity index (χ3v) is 10.1. The Morgan fingerprint density at radius 1 is 0.569 bits per heavy atom. The van der Waals surface area contributed by atoms with Crippen molar-refractivity contribution >= 4 is 27.8 Å². The van der Waals surface area contributed by atoms with Crippen molar-refractivity contribution in [3.05, 3.63) is 149 Å². The Morgan fingerprint density at radius 2 is 1.24 bits per heavy atom. The lowest BCUT2D eigenvalue weighted by Crippen LogP contribution is -2.35. The highest BCUT2D eigenvalue weighted by Crippen LogP contribution is 2.49. The van der Waals surface area contributed by atoms with Gasteiger partial charge in [0.2, 0.25) is 5.78 Å². The van der Waals surface area contributed by atoms with Gasteiger partial charge in [0.05, 0.1) is 27.8 Å². The Kier molecular flexibility index (Phi) is 4.96. The number of rotatable bonds is 3. The van der Waals surface area contributed by atoms with Crippen molar-refractivity contribution in [1.29, 1.82) is 0 Å². The first-order valence-corrected chi connectivity index (χ1v) is 17.0. The molecule has 0 spiro atoms. The first kappa shape index (κ1) is 22.8. The van der Waals surface area contributed by atoms with Crippen molar-refractivity contribution in [2.24, 2.45) is 0 Å². The van der Waals surface area contributed by atoms with Crippen LogP contribution in [0.15, 0.2) is 121 Å². The van der Waals surface area contributed by atoms with E-state index in [0.717, 1.165) is 16.6 Å². The molecule has 3 heterocycles. The lowest BCUT2D eigenvalue weighted by Gasteiger charge is -2.39. The van der Waals surface area contributed by atoms with Gasteiger partial charge in [-0.1, -0.05) is 84.9 Å². The van der Waals surface area contributed by atoms with E-state index in [0.29, 0.717) is 28.1 Å². The maximum absolute atomic E-state index is 9.15. The second-order valence-corrected chi connectivity index (χ2v) is 14.1. The fraction of sp³-hybridized carbons (Fsp3) is 0.196. The number of aromatic nitrogens is 3. The molecule has 5 nitrogen and oxygen atoms in total. The Morgan fingerprint density at radius 3 is 2.06 bits per heavy atom. The van der Waals surface area contributed by atoms with Crippen molar-refractivity contribution in [1.82, 2.24) is 14.0 Å². The van der Waals surface area contributed by atoms with Crippen LogP contribution in [0.4, 0.5) is 0 Å². The van der Waals surface area contributed by atoms with Crippen LogP contribution in [0.25, 0.3) is 55.8 Å². The van der Waals surface area contributed by atoms with Crippen LogP contribution in [-0.2, 0) is 11.2 Å². The standard InChI is InChI=1S/C46H41N3O2/c1-28-26-27-32(30(3)42(28)33-17-14-19-35-43(33)51-45(4,5)34-18-8-13-25-41(34)50-46(35,6)7)31-16-15-24-37(29(31)2)48-39-22-11-12-23-40(39)49-38-21-10-9-20-36(38)47-44(48)49/h8-27H,1-7H3/i1D3,2D3,3D3. The largest absolute Gasteiger partial charge is 0.483 e. The van der Waals surface area contributed by atoms with E-state index >= 15 is 0 Å². The number of imidazole rings is 2. The Hall–Kier alpha value is -5.81. The molecule has 5 heteroatoms. The summed E-state index contributed by atoms with van der Waals surface area (Å²) in [4.78, 5) is 4.96. The second kappa shape index (κ2) is 11.1. The highest BCUT2D eigenvalue weighted by molar-refractivity contribution is 5.93. The molecule has 8 aromatic rings. The molecule has 0 unspecified atom stereocenters. The quantitative estimate of drug-likeness (QED) is 0.187. The molecule has 0 atom stereocenters. The Bertz CT molecular complexity index is 3020. The number of nitrogens with zero attached hydrogens (tertiary/aromatic N) is 3. The minimum absolute atomic E-state index is 0.0514. The third kappa shape index (κ3) is 4.64. The molecule has 0 saturated heterocycles. The molecule has 252 valence electrons. The SMILES string of the molecule is [2H]C([2H])([2H])c1ccc(-c2cccc(-n3c4ccccc4n4c5ccccc5nc34)c2C([2H])([2H])[2H])c(C([2H])([2H])[2H])c1-c1cccc2c1OC(C)(C)c1ccccc1OC2(C)C. The van der Waals surface area contributed by atoms with E-state index in [2.05, 4.69) is 0 Å². The molecule has 9 rings (SSSR count). The number of benzene rings is 6. The molecule has 51 heavy (non-hydrogen) atoms. The summed E-state index contributed by atoms with van der Waals surface area (Å²) >= 11 is 0. The number of para-hydroxylation sites is 6. The smallest absolute Gasteiger partial charge is 0.220 e. The summed E-state index contributed by atoms with van der Waals surface area (Å²) in [6.07, 6.45) is 0. The minimum atomic E-state index is -2.96. The van der Waals surface area contributed by atoms with Crippen LogP contribution in [0.3, 0.4) is 0 Å². The second-order valence-electron chi connectivity index (χ2n) is 14.1. The fourth-order valence-electron chi connectivity index (χ4n) is 7.66. The molecule has 1 aliphatic rings. The maximum Gasteiger partial charge on any atom is 0.220 e. The van der Waals surface area contributed by atoms with Crippen LogP contribution < -0.4 is 9.47 Å². The van der Waals surface area contributed by atoms with Crippen LogP contribution >= 0.6 is 0 Å². The number of fused-ring (bicyclic) bond motifs is 7. The Balaban J connectivity index is 1.38. The average Bonchev–Trinajstić information content (AvgIpc) is 3.70. The van der Waals surface area contributed by atoms with Crippen molar-refractivity contribution in [2.75, 3.05) is 0 Å². The lowest BCUT2D eigenvalue weighted by molar-refractivity contribution is 0.0526. The van der Waals surface area contributed by atoms with Crippen LogP contribution in [-0.4, -0.2) is 14.0 Å². The molecule has 0 saturated carbocycles. The molecular formula is C46H41N3O2. The number of ether oxygens (including phenoxy) is 2. The van der Waals surface area contributed by atoms with Crippen molar-refractivity contribution < 1.29 is 21.8 Å². The summed E-state index contributed by atoms with van der Waals surface area (Å²) in [5.74, 6) is 1.35. The van der Waals surface area contributed by atoms with E-state index < -0.39 is 31.8 Å². The van der Waals surface area contributed by atoms with E-state index in [9.17, 15) is 0 Å². The molecule has 0 fully saturated rings. The summed E-state index contributed by atoms with van der Waals surface area (Å²) in [5, 5.41) is 0. The van der Waals surface area contributed by atoms with E-state index in [1.165, 1.54) is 12.1 Å². The van der Waals surface area contributed by atoms with Crippen LogP contribution in [0.1, 0.15) is 67.8 Å². The summed E-state index contributed by atoms with van der Waals surface area (Å²) in [7, 11) is 0. The van der Waals surface area contributed by atoms with Gasteiger partial charge in [0.25, 0.3) is 0 Å². The molecule has 1 aliphatic heterocycles. The first-order chi connectivity index (χ1) is 28.2. The predicted molar refractivity (Wildman–Crippen MR) is 208 cm³/mol. The molecule has 0 bridgehead atoms. The van der Waals surface area contributed by atoms with Gasteiger partial charge in [-0.15, -0.1) is 0 Å². The normalized spacial score (nSPS) is 18.2. The fourth-order valence-corrected chi connectivity index (χ4v) is 7.66. The summed E-state index contributed by atoms with van der Waals surface area (Å²) in [6.45, 7) is -1.05. The van der Waals surface area contributed by atoms with E-state index in [1.54, 1.807) is 34.9 Å². The zero-order valence-electron chi connectivity index (χ0n) is 37.7. The zero-order valence-corrected chi connectivity index (χ0v) is 28.7.